The molecule has 2 fully saturated rings. The van der Waals surface area contributed by atoms with Gasteiger partial charge in [-0.1, -0.05) is 12.1 Å². The van der Waals surface area contributed by atoms with Crippen molar-refractivity contribution in [1.82, 2.24) is 10.3 Å². The molecule has 0 radical (unpaired) electrons. The zero-order chi connectivity index (χ0) is 20.6. The number of Topliss-reactive ketones (excluding diaryl/α,β-unsaturated/α-hetero) is 1. The summed E-state index contributed by atoms with van der Waals surface area (Å²) in [4.78, 5) is 44.0. The SMILES string of the molecule is Cc1cccc(C(=O)NC2CC(=O)CC3(CCN(c4cccc(F)c4)C3=O)C2)n1. The maximum atomic E-state index is 13.6. The van der Waals surface area contributed by atoms with Gasteiger partial charge in [0.2, 0.25) is 5.91 Å². The summed E-state index contributed by atoms with van der Waals surface area (Å²) in [5.41, 5.74) is 0.663. The van der Waals surface area contributed by atoms with E-state index in [9.17, 15) is 18.8 Å². The molecule has 29 heavy (non-hydrogen) atoms. The fourth-order valence-electron chi connectivity index (χ4n) is 4.44. The van der Waals surface area contributed by atoms with Crippen molar-refractivity contribution in [3.05, 3.63) is 59.7 Å². The Bertz CT molecular complexity index is 993. The molecule has 1 aliphatic heterocycles. The number of hydrogen-bond acceptors (Lipinski definition) is 4. The Morgan fingerprint density at radius 3 is 2.79 bits per heavy atom. The van der Waals surface area contributed by atoms with Crippen molar-refractivity contribution in [2.75, 3.05) is 11.4 Å². The van der Waals surface area contributed by atoms with Gasteiger partial charge < -0.3 is 10.2 Å². The second-order valence-electron chi connectivity index (χ2n) is 7.93. The van der Waals surface area contributed by atoms with E-state index in [-0.39, 0.29) is 36.1 Å². The van der Waals surface area contributed by atoms with Gasteiger partial charge in [0.1, 0.15) is 17.3 Å². The van der Waals surface area contributed by atoms with Gasteiger partial charge in [-0.3, -0.25) is 14.4 Å². The number of nitrogens with one attached hydrogen (secondary N) is 1. The number of anilines is 1. The summed E-state index contributed by atoms with van der Waals surface area (Å²) < 4.78 is 13.6. The van der Waals surface area contributed by atoms with E-state index in [0.717, 1.165) is 5.69 Å². The first-order valence-corrected chi connectivity index (χ1v) is 9.70. The maximum Gasteiger partial charge on any atom is 0.270 e. The highest BCUT2D eigenvalue weighted by Crippen LogP contribution is 2.45. The Kier molecular flexibility index (Phi) is 4.90. The first kappa shape index (κ1) is 19.2. The number of carbonyl (C=O) groups is 3. The number of amides is 2. The van der Waals surface area contributed by atoms with Crippen LogP contribution in [0.3, 0.4) is 0 Å². The number of nitrogens with zero attached hydrogens (tertiary/aromatic N) is 2. The van der Waals surface area contributed by atoms with Crippen molar-refractivity contribution in [2.45, 2.75) is 38.6 Å². The molecule has 1 aliphatic carbocycles. The number of pyridine rings is 1. The molecule has 4 rings (SSSR count). The fourth-order valence-corrected chi connectivity index (χ4v) is 4.44. The first-order chi connectivity index (χ1) is 13.9. The normalized spacial score (nSPS) is 24.2. The quantitative estimate of drug-likeness (QED) is 0.867. The summed E-state index contributed by atoms with van der Waals surface area (Å²) in [7, 11) is 0. The number of ketones is 1. The minimum atomic E-state index is -0.848. The Balaban J connectivity index is 1.52. The van der Waals surface area contributed by atoms with E-state index in [1.807, 2.05) is 0 Å². The van der Waals surface area contributed by atoms with E-state index in [1.165, 1.54) is 12.1 Å². The van der Waals surface area contributed by atoms with Gasteiger partial charge in [-0.15, -0.1) is 0 Å². The predicted molar refractivity (Wildman–Crippen MR) is 105 cm³/mol. The van der Waals surface area contributed by atoms with E-state index in [0.29, 0.717) is 25.1 Å². The predicted octanol–water partition coefficient (Wildman–Crippen LogP) is 2.80. The Morgan fingerprint density at radius 2 is 2.03 bits per heavy atom. The number of carbonyl (C=O) groups excluding carboxylic acids is 3. The summed E-state index contributed by atoms with van der Waals surface area (Å²) in [6.07, 6.45) is 1.25. The minimum absolute atomic E-state index is 0.0480. The van der Waals surface area contributed by atoms with Crippen LogP contribution in [-0.2, 0) is 9.59 Å². The molecular weight excluding hydrogens is 373 g/mol. The Labute approximate surface area is 168 Å². The van der Waals surface area contributed by atoms with E-state index in [4.69, 9.17) is 0 Å². The molecule has 2 aliphatic rings. The van der Waals surface area contributed by atoms with E-state index >= 15 is 0 Å². The van der Waals surface area contributed by atoms with Crippen LogP contribution >= 0.6 is 0 Å². The fraction of sp³-hybridized carbons (Fsp3) is 0.364. The second-order valence-corrected chi connectivity index (χ2v) is 7.93. The number of aromatic nitrogens is 1. The van der Waals surface area contributed by atoms with Crippen LogP contribution < -0.4 is 10.2 Å². The summed E-state index contributed by atoms with van der Waals surface area (Å²) in [5, 5.41) is 2.88. The zero-order valence-corrected chi connectivity index (χ0v) is 16.2. The molecule has 150 valence electrons. The van der Waals surface area contributed by atoms with E-state index < -0.39 is 17.3 Å². The van der Waals surface area contributed by atoms with Crippen molar-refractivity contribution in [2.24, 2.45) is 5.41 Å². The van der Waals surface area contributed by atoms with Gasteiger partial charge in [0.15, 0.2) is 0 Å². The van der Waals surface area contributed by atoms with Gasteiger partial charge in [-0.25, -0.2) is 9.37 Å². The molecule has 2 unspecified atom stereocenters. The monoisotopic (exact) mass is 395 g/mol. The van der Waals surface area contributed by atoms with Crippen LogP contribution in [0.5, 0.6) is 0 Å². The van der Waals surface area contributed by atoms with Crippen LogP contribution in [0.4, 0.5) is 10.1 Å². The molecule has 1 spiro atoms. The van der Waals surface area contributed by atoms with Crippen molar-refractivity contribution in [1.29, 1.82) is 0 Å². The lowest BCUT2D eigenvalue weighted by Crippen LogP contribution is -2.48. The molecule has 7 heteroatoms. The first-order valence-electron chi connectivity index (χ1n) is 9.70. The van der Waals surface area contributed by atoms with Crippen LogP contribution in [0.15, 0.2) is 42.5 Å². The van der Waals surface area contributed by atoms with Crippen LogP contribution in [0, 0.1) is 18.2 Å². The maximum absolute atomic E-state index is 13.6. The third-order valence-corrected chi connectivity index (χ3v) is 5.74. The molecule has 1 N–H and O–H groups in total. The van der Waals surface area contributed by atoms with Crippen molar-refractivity contribution in [3.63, 3.8) is 0 Å². The molecule has 2 aromatic rings. The van der Waals surface area contributed by atoms with E-state index in [2.05, 4.69) is 10.3 Å². The van der Waals surface area contributed by atoms with Crippen molar-refractivity contribution in [3.8, 4) is 0 Å². The second kappa shape index (κ2) is 7.39. The smallest absolute Gasteiger partial charge is 0.270 e. The highest BCUT2D eigenvalue weighted by Gasteiger charge is 2.52. The van der Waals surface area contributed by atoms with Gasteiger partial charge in [0.25, 0.3) is 5.91 Å². The summed E-state index contributed by atoms with van der Waals surface area (Å²) >= 11 is 0. The van der Waals surface area contributed by atoms with Crippen LogP contribution in [0.2, 0.25) is 0 Å². The summed E-state index contributed by atoms with van der Waals surface area (Å²) in [6, 6.07) is 10.6. The number of aryl methyl sites for hydroxylation is 1. The van der Waals surface area contributed by atoms with E-state index in [1.54, 1.807) is 42.2 Å². The number of rotatable bonds is 3. The third kappa shape index (κ3) is 3.77. The van der Waals surface area contributed by atoms with Crippen molar-refractivity contribution < 1.29 is 18.8 Å². The standard InChI is InChI=1S/C22H22FN3O3/c1-14-4-2-7-19(24-14)20(28)25-16-11-18(27)13-22(12-16)8-9-26(21(22)29)17-6-3-5-15(23)10-17/h2-7,10,16H,8-9,11-13H2,1H3,(H,25,28). The highest BCUT2D eigenvalue weighted by atomic mass is 19.1. The average Bonchev–Trinajstić information content (AvgIpc) is 2.96. The Morgan fingerprint density at radius 1 is 1.24 bits per heavy atom. The number of hydrogen-bond donors (Lipinski definition) is 1. The lowest BCUT2D eigenvalue weighted by Gasteiger charge is -2.36. The molecule has 1 saturated carbocycles. The summed E-state index contributed by atoms with van der Waals surface area (Å²) in [6.45, 7) is 2.23. The topological polar surface area (TPSA) is 79.4 Å². The number of halogens is 1. The average molecular weight is 395 g/mol. The van der Waals surface area contributed by atoms with Crippen LogP contribution in [0.25, 0.3) is 0 Å². The highest BCUT2D eigenvalue weighted by molar-refractivity contribution is 6.03. The van der Waals surface area contributed by atoms with Gasteiger partial charge >= 0.3 is 0 Å². The molecule has 6 nitrogen and oxygen atoms in total. The van der Waals surface area contributed by atoms with Gasteiger partial charge in [-0.05, 0) is 50.1 Å². The van der Waals surface area contributed by atoms with Crippen LogP contribution in [0.1, 0.15) is 41.9 Å². The molecule has 2 heterocycles. The number of benzene rings is 1. The Hall–Kier alpha value is -3.09. The minimum Gasteiger partial charge on any atom is -0.347 e. The molecule has 1 saturated heterocycles. The zero-order valence-electron chi connectivity index (χ0n) is 16.2. The molecule has 1 aromatic heterocycles. The molecule has 0 bridgehead atoms. The molecule has 1 aromatic carbocycles. The van der Waals surface area contributed by atoms with Gasteiger partial charge in [0.05, 0.1) is 5.41 Å². The lowest BCUT2D eigenvalue weighted by atomic mass is 9.70. The van der Waals surface area contributed by atoms with Gasteiger partial charge in [0, 0.05) is 36.8 Å². The largest absolute Gasteiger partial charge is 0.347 e. The molecule has 2 amide bonds. The molecular formula is C22H22FN3O3. The van der Waals surface area contributed by atoms with Crippen LogP contribution in [-0.4, -0.2) is 35.2 Å². The van der Waals surface area contributed by atoms with Gasteiger partial charge in [-0.2, -0.15) is 0 Å². The third-order valence-electron chi connectivity index (χ3n) is 5.74. The summed E-state index contributed by atoms with van der Waals surface area (Å²) in [5.74, 6) is -0.986. The molecule has 2 atom stereocenters. The van der Waals surface area contributed by atoms with Crippen molar-refractivity contribution >= 4 is 23.3 Å². The lowest BCUT2D eigenvalue weighted by molar-refractivity contribution is -0.135.